The molecule has 1 radical (unpaired) electrons. The molecule has 0 saturated carbocycles. The van der Waals surface area contributed by atoms with Crippen LogP contribution in [-0.4, -0.2) is 40.0 Å². The Morgan fingerprint density at radius 3 is 2.59 bits per heavy atom. The first-order valence-electron chi connectivity index (χ1n) is 9.03. The molecule has 3 N–H and O–H groups in total. The molecule has 0 aliphatic carbocycles. The third-order valence-corrected chi connectivity index (χ3v) is 5.44. The second kappa shape index (κ2) is 7.72. The van der Waals surface area contributed by atoms with Crippen molar-refractivity contribution >= 4 is 23.4 Å². The average molecular weight is 388 g/mol. The molecule has 1 aliphatic heterocycles. The third kappa shape index (κ3) is 4.33. The zero-order valence-corrected chi connectivity index (χ0v) is 16.3. The Bertz CT molecular complexity index is 838. The fourth-order valence-electron chi connectivity index (χ4n) is 3.23. The van der Waals surface area contributed by atoms with Crippen LogP contribution in [0.4, 0.5) is 0 Å². The quantitative estimate of drug-likeness (QED) is 0.825. The number of carbonyl (C=O) groups is 2. The molecule has 6 nitrogen and oxygen atoms in total. The van der Waals surface area contributed by atoms with Crippen LogP contribution >= 0.6 is 11.6 Å². The molecule has 1 aromatic heterocycles. The molecule has 143 valence electrons. The average Bonchev–Trinajstić information content (AvgIpc) is 3.11. The Morgan fingerprint density at radius 2 is 1.96 bits per heavy atom. The smallest absolute Gasteiger partial charge is 0.227 e. The van der Waals surface area contributed by atoms with Crippen molar-refractivity contribution in [2.45, 2.75) is 32.6 Å². The molecule has 2 heterocycles. The lowest BCUT2D eigenvalue weighted by molar-refractivity contribution is -0.133. The number of primary amides is 1. The summed E-state index contributed by atoms with van der Waals surface area (Å²) in [6.07, 6.45) is 3.09. The van der Waals surface area contributed by atoms with Gasteiger partial charge in [-0.05, 0) is 25.0 Å². The fraction of sp³-hybridized carbons (Fsp3) is 0.400. The van der Waals surface area contributed by atoms with Crippen LogP contribution in [-0.2, 0) is 9.59 Å². The lowest BCUT2D eigenvalue weighted by Gasteiger charge is -2.33. The summed E-state index contributed by atoms with van der Waals surface area (Å²) in [5.41, 5.74) is 7.18. The molecule has 1 aromatic carbocycles. The number of aromatic amines is 1. The molecule has 1 saturated heterocycles. The highest BCUT2D eigenvalue weighted by atomic mass is 35.5. The summed E-state index contributed by atoms with van der Waals surface area (Å²) in [7, 11) is 0. The second-order valence-corrected chi connectivity index (χ2v) is 7.93. The number of halogens is 1. The number of nitrogens with one attached hydrogen (secondary N) is 1. The van der Waals surface area contributed by atoms with E-state index in [4.69, 9.17) is 17.3 Å². The lowest BCUT2D eigenvalue weighted by atomic mass is 9.87. The first-order chi connectivity index (χ1) is 12.8. The standard InChI is InChI=1S/C20H24ClN4O2/c1-20(2,19(22)27)12-18(26)25-9-7-13(8-10-25)16-11-17(24-23-16)14-5-3-4-6-15(14)21/h3-6,11-13H,7-10H2,1-2H3,(H2,22,27)(H,23,24). The summed E-state index contributed by atoms with van der Waals surface area (Å²) in [6.45, 7) is 4.58. The number of rotatable bonds is 5. The van der Waals surface area contributed by atoms with Crippen molar-refractivity contribution in [1.29, 1.82) is 0 Å². The van der Waals surface area contributed by atoms with Crippen molar-refractivity contribution in [3.8, 4) is 11.3 Å². The van der Waals surface area contributed by atoms with Gasteiger partial charge in [-0.15, -0.1) is 0 Å². The largest absolute Gasteiger partial charge is 0.369 e. The minimum atomic E-state index is -0.943. The van der Waals surface area contributed by atoms with Gasteiger partial charge in [0, 0.05) is 30.3 Å². The van der Waals surface area contributed by atoms with Crippen molar-refractivity contribution in [1.82, 2.24) is 15.1 Å². The number of hydrogen-bond acceptors (Lipinski definition) is 3. The van der Waals surface area contributed by atoms with Gasteiger partial charge in [-0.1, -0.05) is 43.6 Å². The van der Waals surface area contributed by atoms with E-state index in [-0.39, 0.29) is 5.91 Å². The molecule has 27 heavy (non-hydrogen) atoms. The van der Waals surface area contributed by atoms with Crippen LogP contribution in [0.1, 0.15) is 38.3 Å². The Hall–Kier alpha value is -2.34. The molecule has 2 aromatic rings. The van der Waals surface area contributed by atoms with Crippen LogP contribution < -0.4 is 5.73 Å². The molecule has 1 aliphatic rings. The summed E-state index contributed by atoms with van der Waals surface area (Å²) in [4.78, 5) is 25.6. The van der Waals surface area contributed by atoms with Crippen LogP contribution in [0.3, 0.4) is 0 Å². The Morgan fingerprint density at radius 1 is 1.30 bits per heavy atom. The van der Waals surface area contributed by atoms with Gasteiger partial charge in [0.1, 0.15) is 0 Å². The highest BCUT2D eigenvalue weighted by molar-refractivity contribution is 6.33. The lowest BCUT2D eigenvalue weighted by Crippen LogP contribution is -2.43. The van der Waals surface area contributed by atoms with E-state index in [0.29, 0.717) is 24.0 Å². The summed E-state index contributed by atoms with van der Waals surface area (Å²) in [6, 6.07) is 9.65. The van der Waals surface area contributed by atoms with E-state index in [0.717, 1.165) is 29.8 Å². The normalized spacial score (nSPS) is 15.7. The van der Waals surface area contributed by atoms with Crippen LogP contribution in [0, 0.1) is 11.8 Å². The van der Waals surface area contributed by atoms with Gasteiger partial charge in [0.05, 0.1) is 22.6 Å². The van der Waals surface area contributed by atoms with E-state index in [1.54, 1.807) is 18.7 Å². The van der Waals surface area contributed by atoms with Crippen molar-refractivity contribution in [2.24, 2.45) is 11.1 Å². The minimum absolute atomic E-state index is 0.140. The number of likely N-dealkylation sites (tertiary alicyclic amines) is 1. The molecule has 0 bridgehead atoms. The van der Waals surface area contributed by atoms with Gasteiger partial charge in [0.15, 0.2) is 0 Å². The monoisotopic (exact) mass is 387 g/mol. The molecule has 0 unspecified atom stereocenters. The van der Waals surface area contributed by atoms with E-state index in [1.807, 2.05) is 30.3 Å². The molecular weight excluding hydrogens is 364 g/mol. The maximum atomic E-state index is 12.4. The maximum Gasteiger partial charge on any atom is 0.227 e. The third-order valence-electron chi connectivity index (χ3n) is 5.11. The van der Waals surface area contributed by atoms with Crippen molar-refractivity contribution in [3.63, 3.8) is 0 Å². The molecule has 0 atom stereocenters. The van der Waals surface area contributed by atoms with E-state index in [1.165, 1.54) is 6.42 Å². The van der Waals surface area contributed by atoms with E-state index < -0.39 is 11.3 Å². The van der Waals surface area contributed by atoms with Gasteiger partial charge in [-0.25, -0.2) is 0 Å². The topological polar surface area (TPSA) is 92.1 Å². The van der Waals surface area contributed by atoms with E-state index >= 15 is 0 Å². The molecular formula is C20H24ClN4O2. The number of amides is 2. The number of carbonyl (C=O) groups excluding carboxylic acids is 2. The van der Waals surface area contributed by atoms with Crippen molar-refractivity contribution in [2.75, 3.05) is 13.1 Å². The first kappa shape index (κ1) is 19.4. The van der Waals surface area contributed by atoms with Crippen LogP contribution in [0.25, 0.3) is 11.3 Å². The Kier molecular flexibility index (Phi) is 5.56. The summed E-state index contributed by atoms with van der Waals surface area (Å²) in [5.74, 6) is -0.337. The van der Waals surface area contributed by atoms with Crippen LogP contribution in [0.2, 0.25) is 5.02 Å². The summed E-state index contributed by atoms with van der Waals surface area (Å²) >= 11 is 6.25. The minimum Gasteiger partial charge on any atom is -0.369 e. The van der Waals surface area contributed by atoms with Crippen molar-refractivity contribution < 1.29 is 9.59 Å². The first-order valence-corrected chi connectivity index (χ1v) is 9.40. The van der Waals surface area contributed by atoms with E-state index in [9.17, 15) is 9.59 Å². The molecule has 1 fully saturated rings. The molecule has 7 heteroatoms. The highest BCUT2D eigenvalue weighted by Crippen LogP contribution is 2.32. The number of hydrogen-bond donors (Lipinski definition) is 2. The molecule has 0 spiro atoms. The highest BCUT2D eigenvalue weighted by Gasteiger charge is 2.32. The Labute approximate surface area is 164 Å². The Balaban J connectivity index is 1.61. The SMILES string of the molecule is CC(C)([CH]C(=O)N1CCC(c2cc(-c3ccccc3Cl)n[nH]2)CC1)C(N)=O. The second-order valence-electron chi connectivity index (χ2n) is 7.52. The number of nitrogens with zero attached hydrogens (tertiary/aromatic N) is 2. The van der Waals surface area contributed by atoms with Gasteiger partial charge in [0.2, 0.25) is 11.8 Å². The van der Waals surface area contributed by atoms with Gasteiger partial charge in [-0.2, -0.15) is 5.10 Å². The number of H-pyrrole nitrogens is 1. The summed E-state index contributed by atoms with van der Waals surface area (Å²) < 4.78 is 0. The summed E-state index contributed by atoms with van der Waals surface area (Å²) in [5, 5.41) is 8.18. The molecule has 2 amide bonds. The van der Waals surface area contributed by atoms with Crippen molar-refractivity contribution in [3.05, 3.63) is 47.5 Å². The maximum absolute atomic E-state index is 12.4. The number of aromatic nitrogens is 2. The van der Waals surface area contributed by atoms with Crippen LogP contribution in [0.15, 0.2) is 30.3 Å². The predicted octanol–water partition coefficient (Wildman–Crippen LogP) is 3.15. The van der Waals surface area contributed by atoms with Gasteiger partial charge >= 0.3 is 0 Å². The zero-order chi connectivity index (χ0) is 19.6. The van der Waals surface area contributed by atoms with Gasteiger partial charge in [-0.3, -0.25) is 14.7 Å². The number of nitrogens with two attached hydrogens (primary N) is 1. The molecule has 3 rings (SSSR count). The number of benzene rings is 1. The van der Waals surface area contributed by atoms with Crippen LogP contribution in [0.5, 0.6) is 0 Å². The fourth-order valence-corrected chi connectivity index (χ4v) is 3.47. The predicted molar refractivity (Wildman–Crippen MR) is 105 cm³/mol. The van der Waals surface area contributed by atoms with E-state index in [2.05, 4.69) is 10.2 Å². The zero-order valence-electron chi connectivity index (χ0n) is 15.5. The van der Waals surface area contributed by atoms with Gasteiger partial charge < -0.3 is 10.6 Å². The number of piperidine rings is 1. The van der Waals surface area contributed by atoms with Gasteiger partial charge in [0.25, 0.3) is 0 Å².